The maximum absolute atomic E-state index is 12.6. The van der Waals surface area contributed by atoms with Crippen LogP contribution in [-0.4, -0.2) is 10.2 Å². The number of ketones is 1. The number of carbonyl (C=O) groups excluding carboxylic acids is 1. The number of nitrogen functional groups attached to an aromatic ring is 1. The van der Waals surface area contributed by atoms with Crippen molar-refractivity contribution in [2.45, 2.75) is 0 Å². The molecule has 0 atom stereocenters. The van der Waals surface area contributed by atoms with Crippen molar-refractivity contribution in [2.24, 2.45) is 0 Å². The highest BCUT2D eigenvalue weighted by Crippen LogP contribution is 2.21. The number of nitrogens with two attached hydrogens (primary N) is 1. The van der Waals surface area contributed by atoms with Gasteiger partial charge in [-0.25, -0.2) is 0 Å². The second-order valence-electron chi connectivity index (χ2n) is 4.73. The lowest BCUT2D eigenvalue weighted by Gasteiger charge is -2.10. The zero-order valence-electron chi connectivity index (χ0n) is 11.5. The number of aromatic nitrogens is 1. The lowest BCUT2D eigenvalue weighted by Crippen LogP contribution is -2.25. The van der Waals surface area contributed by atoms with Gasteiger partial charge < -0.3 is 5.73 Å². The quantitative estimate of drug-likeness (QED) is 0.731. The van der Waals surface area contributed by atoms with Crippen molar-refractivity contribution in [3.05, 3.63) is 81.8 Å². The molecule has 0 amide bonds. The summed E-state index contributed by atoms with van der Waals surface area (Å²) in [5.74, 6) is -0.488. The van der Waals surface area contributed by atoms with E-state index in [9.17, 15) is 14.9 Å². The standard InChI is InChI=1S/C17H11N3O2/c18-10-12-13-8-4-5-9-20(13)17(22)14(15(12)19)16(21)11-6-2-1-3-7-11/h1-9H,19H2. The highest BCUT2D eigenvalue weighted by Gasteiger charge is 2.22. The number of hydrogen-bond acceptors (Lipinski definition) is 4. The highest BCUT2D eigenvalue weighted by molar-refractivity contribution is 6.12. The van der Waals surface area contributed by atoms with Gasteiger partial charge in [-0.1, -0.05) is 36.4 Å². The number of pyridine rings is 2. The van der Waals surface area contributed by atoms with Crippen molar-refractivity contribution in [1.29, 1.82) is 5.26 Å². The van der Waals surface area contributed by atoms with Crippen molar-refractivity contribution in [3.8, 4) is 6.07 Å². The largest absolute Gasteiger partial charge is 0.397 e. The van der Waals surface area contributed by atoms with Gasteiger partial charge in [0.05, 0.1) is 16.8 Å². The third-order valence-corrected chi connectivity index (χ3v) is 3.46. The fourth-order valence-electron chi connectivity index (χ4n) is 2.39. The van der Waals surface area contributed by atoms with Crippen LogP contribution in [0, 0.1) is 11.3 Å². The molecule has 0 aliphatic carbocycles. The van der Waals surface area contributed by atoms with Crippen molar-refractivity contribution in [1.82, 2.24) is 4.40 Å². The molecule has 22 heavy (non-hydrogen) atoms. The molecule has 5 nitrogen and oxygen atoms in total. The number of anilines is 1. The molecule has 2 N–H and O–H groups in total. The van der Waals surface area contributed by atoms with Gasteiger partial charge in [0.25, 0.3) is 5.56 Å². The monoisotopic (exact) mass is 289 g/mol. The molecule has 3 aromatic rings. The van der Waals surface area contributed by atoms with Gasteiger partial charge in [-0.15, -0.1) is 0 Å². The average molecular weight is 289 g/mol. The SMILES string of the molecule is N#Cc1c(N)c(C(=O)c2ccccc2)c(=O)n2ccccc12. The predicted octanol–water partition coefficient (Wildman–Crippen LogP) is 1.98. The molecule has 0 radical (unpaired) electrons. The number of rotatable bonds is 2. The van der Waals surface area contributed by atoms with Crippen LogP contribution in [0.25, 0.3) is 5.52 Å². The second-order valence-corrected chi connectivity index (χ2v) is 4.73. The van der Waals surface area contributed by atoms with Crippen LogP contribution in [0.3, 0.4) is 0 Å². The molecule has 0 spiro atoms. The lowest BCUT2D eigenvalue weighted by molar-refractivity contribution is 0.103. The Labute approximate surface area is 125 Å². The summed E-state index contributed by atoms with van der Waals surface area (Å²) in [4.78, 5) is 25.2. The summed E-state index contributed by atoms with van der Waals surface area (Å²) >= 11 is 0. The molecule has 0 aliphatic heterocycles. The summed E-state index contributed by atoms with van der Waals surface area (Å²) in [6, 6.07) is 15.3. The van der Waals surface area contributed by atoms with E-state index in [0.29, 0.717) is 11.1 Å². The van der Waals surface area contributed by atoms with Gasteiger partial charge >= 0.3 is 0 Å². The Kier molecular flexibility index (Phi) is 3.20. The summed E-state index contributed by atoms with van der Waals surface area (Å²) < 4.78 is 1.27. The van der Waals surface area contributed by atoms with Gasteiger partial charge in [-0.2, -0.15) is 5.26 Å². The van der Waals surface area contributed by atoms with E-state index in [0.717, 1.165) is 0 Å². The van der Waals surface area contributed by atoms with Gasteiger partial charge in [-0.05, 0) is 12.1 Å². The Balaban J connectivity index is 2.39. The van der Waals surface area contributed by atoms with Gasteiger partial charge in [-0.3, -0.25) is 14.0 Å². The van der Waals surface area contributed by atoms with Crippen molar-refractivity contribution >= 4 is 17.0 Å². The fourth-order valence-corrected chi connectivity index (χ4v) is 2.39. The Hall–Kier alpha value is -3.39. The van der Waals surface area contributed by atoms with Crippen molar-refractivity contribution < 1.29 is 4.79 Å². The van der Waals surface area contributed by atoms with Crippen LogP contribution in [0.5, 0.6) is 0 Å². The first-order valence-corrected chi connectivity index (χ1v) is 6.58. The van der Waals surface area contributed by atoms with Crippen LogP contribution in [0.15, 0.2) is 59.5 Å². The molecule has 0 fully saturated rings. The maximum atomic E-state index is 12.6. The molecule has 0 saturated carbocycles. The topological polar surface area (TPSA) is 88.4 Å². The first-order valence-electron chi connectivity index (χ1n) is 6.58. The van der Waals surface area contributed by atoms with Crippen LogP contribution in [0.4, 0.5) is 5.69 Å². The minimum absolute atomic E-state index is 0.0763. The summed E-state index contributed by atoms with van der Waals surface area (Å²) in [6.07, 6.45) is 1.51. The number of nitriles is 1. The van der Waals surface area contributed by atoms with E-state index in [1.165, 1.54) is 10.6 Å². The average Bonchev–Trinajstić information content (AvgIpc) is 2.56. The van der Waals surface area contributed by atoms with E-state index >= 15 is 0 Å². The summed E-state index contributed by atoms with van der Waals surface area (Å²) in [6.45, 7) is 0. The van der Waals surface area contributed by atoms with Crippen LogP contribution < -0.4 is 11.3 Å². The van der Waals surface area contributed by atoms with Crippen LogP contribution >= 0.6 is 0 Å². The Morgan fingerprint density at radius 2 is 1.77 bits per heavy atom. The number of fused-ring (bicyclic) bond motifs is 1. The Morgan fingerprint density at radius 3 is 2.45 bits per heavy atom. The number of benzene rings is 1. The predicted molar refractivity (Wildman–Crippen MR) is 82.7 cm³/mol. The summed E-state index contributed by atoms with van der Waals surface area (Å²) in [5.41, 5.74) is 6.03. The first kappa shape index (κ1) is 13.6. The molecule has 3 rings (SSSR count). The molecular formula is C17H11N3O2. The van der Waals surface area contributed by atoms with Gasteiger partial charge in [0.1, 0.15) is 11.6 Å². The fraction of sp³-hybridized carbons (Fsp3) is 0. The Bertz CT molecular complexity index is 982. The zero-order chi connectivity index (χ0) is 15.7. The second kappa shape index (κ2) is 5.19. The first-order chi connectivity index (χ1) is 10.6. The molecule has 0 aliphatic rings. The van der Waals surface area contributed by atoms with Crippen LogP contribution in [-0.2, 0) is 0 Å². The van der Waals surface area contributed by atoms with E-state index in [1.807, 2.05) is 6.07 Å². The molecular weight excluding hydrogens is 278 g/mol. The van der Waals surface area contributed by atoms with E-state index < -0.39 is 11.3 Å². The minimum atomic E-state index is -0.527. The molecule has 0 unspecified atom stereocenters. The van der Waals surface area contributed by atoms with E-state index in [4.69, 9.17) is 5.73 Å². The van der Waals surface area contributed by atoms with E-state index in [1.54, 1.807) is 48.5 Å². The van der Waals surface area contributed by atoms with Crippen molar-refractivity contribution in [2.75, 3.05) is 5.73 Å². The van der Waals surface area contributed by atoms with Crippen LogP contribution in [0.2, 0.25) is 0 Å². The smallest absolute Gasteiger partial charge is 0.268 e. The molecule has 0 saturated heterocycles. The molecule has 0 bridgehead atoms. The van der Waals surface area contributed by atoms with Gasteiger partial charge in [0, 0.05) is 11.8 Å². The minimum Gasteiger partial charge on any atom is -0.397 e. The summed E-state index contributed by atoms with van der Waals surface area (Å²) in [7, 11) is 0. The van der Waals surface area contributed by atoms with Crippen molar-refractivity contribution in [3.63, 3.8) is 0 Å². The lowest BCUT2D eigenvalue weighted by atomic mass is 10.00. The van der Waals surface area contributed by atoms with Crippen LogP contribution in [0.1, 0.15) is 21.5 Å². The number of nitrogens with zero attached hydrogens (tertiary/aromatic N) is 2. The summed E-state index contributed by atoms with van der Waals surface area (Å²) in [5, 5.41) is 9.33. The third kappa shape index (κ3) is 1.95. The maximum Gasteiger partial charge on any atom is 0.268 e. The molecule has 2 heterocycles. The third-order valence-electron chi connectivity index (χ3n) is 3.46. The van der Waals surface area contributed by atoms with Gasteiger partial charge in [0.15, 0.2) is 0 Å². The Morgan fingerprint density at radius 1 is 1.09 bits per heavy atom. The number of carbonyl (C=O) groups is 1. The van der Waals surface area contributed by atoms with Gasteiger partial charge in [0.2, 0.25) is 5.78 Å². The molecule has 5 heteroatoms. The zero-order valence-corrected chi connectivity index (χ0v) is 11.5. The molecule has 106 valence electrons. The number of hydrogen-bond donors (Lipinski definition) is 1. The van der Waals surface area contributed by atoms with E-state index in [2.05, 4.69) is 0 Å². The highest BCUT2D eigenvalue weighted by atomic mass is 16.1. The molecule has 1 aromatic carbocycles. The molecule has 2 aromatic heterocycles. The van der Waals surface area contributed by atoms with E-state index in [-0.39, 0.29) is 16.8 Å². The normalized spacial score (nSPS) is 10.3.